The number of rotatable bonds is 15. The normalized spacial score (nSPS) is 11.7. The molecule has 0 unspecified atom stereocenters. The van der Waals surface area contributed by atoms with Crippen molar-refractivity contribution in [3.8, 4) is 0 Å². The van der Waals surface area contributed by atoms with Gasteiger partial charge in [0.15, 0.2) is 5.58 Å². The fourth-order valence-corrected chi connectivity index (χ4v) is 5.48. The van der Waals surface area contributed by atoms with Gasteiger partial charge in [-0.05, 0) is 30.4 Å². The first kappa shape index (κ1) is 26.2. The summed E-state index contributed by atoms with van der Waals surface area (Å²) in [6.07, 6.45) is 15.8. The van der Waals surface area contributed by atoms with Crippen LogP contribution in [0.5, 0.6) is 0 Å². The molecule has 4 rings (SSSR count). The minimum atomic E-state index is 0.539. The highest BCUT2D eigenvalue weighted by molar-refractivity contribution is 6.25. The Morgan fingerprint density at radius 2 is 1.22 bits per heavy atom. The third-order valence-electron chi connectivity index (χ3n) is 7.62. The Kier molecular flexibility index (Phi) is 9.38. The smallest absolute Gasteiger partial charge is 0.161 e. The number of hydrogen-bond acceptors (Lipinski definition) is 4. The van der Waals surface area contributed by atoms with Crippen molar-refractivity contribution in [3.05, 3.63) is 42.5 Å². The Morgan fingerprint density at radius 1 is 0.639 bits per heavy atom. The third kappa shape index (κ3) is 5.91. The lowest BCUT2D eigenvalue weighted by Gasteiger charge is -2.25. The van der Waals surface area contributed by atoms with E-state index >= 15 is 0 Å². The Labute approximate surface area is 217 Å². The van der Waals surface area contributed by atoms with E-state index in [1.54, 1.807) is 0 Å². The quantitative estimate of drug-likeness (QED) is 0.0995. The maximum absolute atomic E-state index is 6.45. The molecule has 1 aromatic heterocycles. The van der Waals surface area contributed by atoms with Gasteiger partial charge in [-0.15, -0.1) is 0 Å². The highest BCUT2D eigenvalue weighted by atomic mass is 16.3. The molecule has 0 atom stereocenters. The van der Waals surface area contributed by atoms with Crippen molar-refractivity contribution in [2.75, 3.05) is 29.5 Å². The van der Waals surface area contributed by atoms with Crippen LogP contribution in [0.1, 0.15) is 90.9 Å². The molecule has 0 aliphatic rings. The molecular formula is C32H45N3O. The fraction of sp³-hybridized carbons (Fsp3) is 0.500. The highest BCUT2D eigenvalue weighted by Crippen LogP contribution is 2.42. The van der Waals surface area contributed by atoms with Crippen LogP contribution in [0.15, 0.2) is 46.9 Å². The largest absolute Gasteiger partial charge is 0.454 e. The molecule has 194 valence electrons. The molecule has 4 nitrogen and oxygen atoms in total. The van der Waals surface area contributed by atoms with Crippen molar-refractivity contribution in [1.29, 1.82) is 0 Å². The van der Waals surface area contributed by atoms with E-state index in [0.717, 1.165) is 40.2 Å². The summed E-state index contributed by atoms with van der Waals surface area (Å²) < 4.78 is 6.37. The lowest BCUT2D eigenvalue weighted by atomic mass is 10.0. The summed E-state index contributed by atoms with van der Waals surface area (Å²) in [6, 6.07) is 14.9. The Balaban J connectivity index is 1.58. The number of hydrogen-bond donors (Lipinski definition) is 2. The molecule has 4 N–H and O–H groups in total. The van der Waals surface area contributed by atoms with Crippen molar-refractivity contribution in [2.24, 2.45) is 0 Å². The molecule has 0 amide bonds. The van der Waals surface area contributed by atoms with Gasteiger partial charge in [0.1, 0.15) is 5.58 Å². The molecule has 4 heteroatoms. The van der Waals surface area contributed by atoms with E-state index in [1.165, 1.54) is 82.7 Å². The van der Waals surface area contributed by atoms with Gasteiger partial charge in [-0.1, -0.05) is 102 Å². The second kappa shape index (κ2) is 12.9. The lowest BCUT2D eigenvalue weighted by molar-refractivity contribution is 0.574. The molecule has 0 fully saturated rings. The van der Waals surface area contributed by atoms with Gasteiger partial charge in [0.2, 0.25) is 0 Å². The summed E-state index contributed by atoms with van der Waals surface area (Å²) in [7, 11) is 0. The first-order valence-corrected chi connectivity index (χ1v) is 14.3. The molecule has 0 radical (unpaired) electrons. The first-order valence-electron chi connectivity index (χ1n) is 14.3. The molecule has 0 spiro atoms. The van der Waals surface area contributed by atoms with Gasteiger partial charge in [-0.25, -0.2) is 0 Å². The summed E-state index contributed by atoms with van der Waals surface area (Å²) >= 11 is 0. The Morgan fingerprint density at radius 3 is 1.86 bits per heavy atom. The molecule has 0 saturated heterocycles. The van der Waals surface area contributed by atoms with Crippen molar-refractivity contribution < 1.29 is 4.42 Å². The van der Waals surface area contributed by atoms with Gasteiger partial charge in [-0.3, -0.25) is 0 Å². The van der Waals surface area contributed by atoms with Crippen LogP contribution in [0.4, 0.5) is 17.1 Å². The summed E-state index contributed by atoms with van der Waals surface area (Å²) in [6.45, 7) is 6.76. The first-order chi connectivity index (χ1) is 17.7. The van der Waals surface area contributed by atoms with Crippen LogP contribution in [0.25, 0.3) is 32.7 Å². The van der Waals surface area contributed by atoms with Crippen LogP contribution in [-0.2, 0) is 0 Å². The molecule has 4 aromatic rings. The van der Waals surface area contributed by atoms with Crippen LogP contribution in [0, 0.1) is 0 Å². The third-order valence-corrected chi connectivity index (χ3v) is 7.62. The van der Waals surface area contributed by atoms with Crippen LogP contribution in [-0.4, -0.2) is 13.1 Å². The molecule has 0 bridgehead atoms. The van der Waals surface area contributed by atoms with Gasteiger partial charge < -0.3 is 20.8 Å². The average Bonchev–Trinajstić information content (AvgIpc) is 3.29. The maximum atomic E-state index is 6.45. The van der Waals surface area contributed by atoms with Crippen molar-refractivity contribution in [3.63, 3.8) is 0 Å². The number of unbranched alkanes of at least 4 members (excludes halogenated alkanes) is 10. The number of benzene rings is 3. The molecule has 0 saturated carbocycles. The van der Waals surface area contributed by atoms with E-state index in [-0.39, 0.29) is 0 Å². The number of nitrogen functional groups attached to an aromatic ring is 2. The zero-order chi connectivity index (χ0) is 25.3. The van der Waals surface area contributed by atoms with Crippen LogP contribution >= 0.6 is 0 Å². The predicted molar refractivity (Wildman–Crippen MR) is 159 cm³/mol. The van der Waals surface area contributed by atoms with Crippen molar-refractivity contribution >= 4 is 49.8 Å². The van der Waals surface area contributed by atoms with E-state index in [0.29, 0.717) is 17.0 Å². The topological polar surface area (TPSA) is 68.4 Å². The van der Waals surface area contributed by atoms with Crippen LogP contribution < -0.4 is 16.4 Å². The summed E-state index contributed by atoms with van der Waals surface area (Å²) in [5.74, 6) is 0. The fourth-order valence-electron chi connectivity index (χ4n) is 5.48. The minimum Gasteiger partial charge on any atom is -0.454 e. The Bertz CT molecular complexity index is 1240. The van der Waals surface area contributed by atoms with Crippen LogP contribution in [0.3, 0.4) is 0 Å². The Hall–Kier alpha value is -2.88. The number of nitrogens with zero attached hydrogens (tertiary/aromatic N) is 1. The number of anilines is 3. The van der Waals surface area contributed by atoms with Gasteiger partial charge >= 0.3 is 0 Å². The second-order valence-corrected chi connectivity index (χ2v) is 10.4. The van der Waals surface area contributed by atoms with E-state index < -0.39 is 0 Å². The van der Waals surface area contributed by atoms with Crippen LogP contribution in [0.2, 0.25) is 0 Å². The standard InChI is InChI=1S/C32H45N3O/c1-3-5-7-9-11-15-21-35(22-16-12-10-8-6-4-2)24-19-20-27-28(23-24)36-32-29(27)25-17-13-14-18-26(25)30(33)31(32)34/h13-14,17-20,23H,3-12,15-16,21-22,33-34H2,1-2H3. The maximum Gasteiger partial charge on any atom is 0.161 e. The van der Waals surface area contributed by atoms with Gasteiger partial charge in [0, 0.05) is 41.0 Å². The summed E-state index contributed by atoms with van der Waals surface area (Å²) in [5.41, 5.74) is 16.8. The predicted octanol–water partition coefficient (Wildman–Crippen LogP) is 9.43. The SMILES string of the molecule is CCCCCCCCN(CCCCCCCC)c1ccc2c(c1)oc1c(N)c(N)c3ccccc3c12. The molecule has 36 heavy (non-hydrogen) atoms. The molecule has 0 aliphatic carbocycles. The van der Waals surface area contributed by atoms with Crippen molar-refractivity contribution in [1.82, 2.24) is 0 Å². The summed E-state index contributed by atoms with van der Waals surface area (Å²) in [4.78, 5) is 2.57. The zero-order valence-corrected chi connectivity index (χ0v) is 22.5. The monoisotopic (exact) mass is 487 g/mol. The van der Waals surface area contributed by atoms with Gasteiger partial charge in [-0.2, -0.15) is 0 Å². The molecule has 3 aromatic carbocycles. The molecule has 0 aliphatic heterocycles. The summed E-state index contributed by atoms with van der Waals surface area (Å²) in [5, 5.41) is 4.26. The number of fused-ring (bicyclic) bond motifs is 5. The van der Waals surface area contributed by atoms with E-state index in [2.05, 4.69) is 43.0 Å². The number of nitrogens with two attached hydrogens (primary N) is 2. The highest BCUT2D eigenvalue weighted by Gasteiger charge is 2.18. The second-order valence-electron chi connectivity index (χ2n) is 10.4. The van der Waals surface area contributed by atoms with E-state index in [9.17, 15) is 0 Å². The number of furan rings is 1. The van der Waals surface area contributed by atoms with E-state index in [1.807, 2.05) is 18.2 Å². The lowest BCUT2D eigenvalue weighted by Crippen LogP contribution is -2.25. The van der Waals surface area contributed by atoms with E-state index in [4.69, 9.17) is 15.9 Å². The molecular weight excluding hydrogens is 442 g/mol. The van der Waals surface area contributed by atoms with Gasteiger partial charge in [0.25, 0.3) is 0 Å². The minimum absolute atomic E-state index is 0.539. The average molecular weight is 488 g/mol. The molecule has 1 heterocycles. The van der Waals surface area contributed by atoms with Gasteiger partial charge in [0.05, 0.1) is 11.4 Å². The van der Waals surface area contributed by atoms with Crippen molar-refractivity contribution in [2.45, 2.75) is 90.9 Å². The zero-order valence-electron chi connectivity index (χ0n) is 22.5.